The molecule has 0 bridgehead atoms. The Bertz CT molecular complexity index is 497. The van der Waals surface area contributed by atoms with Gasteiger partial charge in [0.05, 0.1) is 0 Å². The van der Waals surface area contributed by atoms with E-state index in [1.807, 2.05) is 6.92 Å². The summed E-state index contributed by atoms with van der Waals surface area (Å²) in [5, 5.41) is 20.8. The van der Waals surface area contributed by atoms with E-state index in [-0.39, 0.29) is 12.5 Å². The number of anilines is 1. The van der Waals surface area contributed by atoms with Crippen molar-refractivity contribution >= 4 is 28.5 Å². The predicted molar refractivity (Wildman–Crippen MR) is 79.5 cm³/mol. The van der Waals surface area contributed by atoms with Crippen LogP contribution in [0.1, 0.15) is 37.6 Å². The number of hydrogen-bond acceptors (Lipinski definition) is 5. The number of hydrogen-bond donors (Lipinski definition) is 2. The van der Waals surface area contributed by atoms with Crippen LogP contribution in [0.3, 0.4) is 0 Å². The molecule has 2 rings (SSSR count). The minimum atomic E-state index is -0.752. The Labute approximate surface area is 127 Å². The molecule has 1 aromatic heterocycles. The number of piperidine rings is 1. The van der Waals surface area contributed by atoms with Gasteiger partial charge in [0.2, 0.25) is 5.13 Å². The van der Waals surface area contributed by atoms with Crippen molar-refractivity contribution in [3.8, 4) is 0 Å². The lowest BCUT2D eigenvalue weighted by molar-refractivity contribution is -0.137. The summed E-state index contributed by atoms with van der Waals surface area (Å²) in [6.45, 7) is 3.32. The highest BCUT2D eigenvalue weighted by Gasteiger charge is 2.23. The maximum absolute atomic E-state index is 12.1. The number of amides is 2. The normalized spacial score (nSPS) is 16.0. The minimum Gasteiger partial charge on any atom is -0.481 e. The van der Waals surface area contributed by atoms with Crippen molar-refractivity contribution in [1.29, 1.82) is 0 Å². The molecular formula is C13H20N4O3S. The van der Waals surface area contributed by atoms with E-state index in [4.69, 9.17) is 5.11 Å². The SMILES string of the molecule is CCc1nnc(NC(=O)N2CCC(CCC(=O)O)CC2)s1. The molecule has 0 saturated carbocycles. The van der Waals surface area contributed by atoms with Crippen molar-refractivity contribution in [2.75, 3.05) is 18.4 Å². The van der Waals surface area contributed by atoms with Crippen LogP contribution in [-0.4, -0.2) is 45.3 Å². The Kier molecular flexibility index (Phi) is 5.49. The number of rotatable bonds is 5. The predicted octanol–water partition coefficient (Wildman–Crippen LogP) is 2.21. The maximum Gasteiger partial charge on any atom is 0.323 e. The van der Waals surface area contributed by atoms with Crippen LogP contribution in [0.4, 0.5) is 9.93 Å². The summed E-state index contributed by atoms with van der Waals surface area (Å²) < 4.78 is 0. The highest BCUT2D eigenvalue weighted by molar-refractivity contribution is 7.15. The molecule has 2 N–H and O–H groups in total. The van der Waals surface area contributed by atoms with E-state index in [1.54, 1.807) is 4.90 Å². The lowest BCUT2D eigenvalue weighted by atomic mass is 9.92. The average molecular weight is 312 g/mol. The van der Waals surface area contributed by atoms with E-state index in [2.05, 4.69) is 15.5 Å². The summed E-state index contributed by atoms with van der Waals surface area (Å²) in [6.07, 6.45) is 3.43. The van der Waals surface area contributed by atoms with Gasteiger partial charge in [-0.1, -0.05) is 18.3 Å². The van der Waals surface area contributed by atoms with Crippen molar-refractivity contribution in [2.45, 2.75) is 39.0 Å². The Morgan fingerprint density at radius 3 is 2.67 bits per heavy atom. The number of carbonyl (C=O) groups excluding carboxylic acids is 1. The first-order chi connectivity index (χ1) is 10.1. The molecule has 1 aliphatic rings. The molecule has 0 unspecified atom stereocenters. The van der Waals surface area contributed by atoms with Gasteiger partial charge in [-0.05, 0) is 31.6 Å². The first-order valence-corrected chi connectivity index (χ1v) is 8.00. The molecule has 0 aliphatic carbocycles. The molecule has 0 aromatic carbocycles. The van der Waals surface area contributed by atoms with Crippen LogP contribution in [0, 0.1) is 5.92 Å². The van der Waals surface area contributed by atoms with Crippen molar-refractivity contribution < 1.29 is 14.7 Å². The lowest BCUT2D eigenvalue weighted by Crippen LogP contribution is -2.41. The van der Waals surface area contributed by atoms with Crippen LogP contribution in [0.2, 0.25) is 0 Å². The van der Waals surface area contributed by atoms with E-state index in [1.165, 1.54) is 11.3 Å². The van der Waals surface area contributed by atoms with E-state index >= 15 is 0 Å². The second-order valence-corrected chi connectivity index (χ2v) is 6.21. The van der Waals surface area contributed by atoms with Crippen LogP contribution < -0.4 is 5.32 Å². The maximum atomic E-state index is 12.1. The zero-order valence-corrected chi connectivity index (χ0v) is 12.9. The Balaban J connectivity index is 1.76. The van der Waals surface area contributed by atoms with Crippen LogP contribution >= 0.6 is 11.3 Å². The molecule has 1 aliphatic heterocycles. The van der Waals surface area contributed by atoms with Gasteiger partial charge in [0.15, 0.2) is 0 Å². The monoisotopic (exact) mass is 312 g/mol. The molecule has 0 atom stereocenters. The largest absolute Gasteiger partial charge is 0.481 e. The topological polar surface area (TPSA) is 95.4 Å². The Morgan fingerprint density at radius 1 is 1.38 bits per heavy atom. The first-order valence-electron chi connectivity index (χ1n) is 7.18. The zero-order chi connectivity index (χ0) is 15.2. The van der Waals surface area contributed by atoms with Gasteiger partial charge in [-0.15, -0.1) is 10.2 Å². The molecule has 2 heterocycles. The zero-order valence-electron chi connectivity index (χ0n) is 12.0. The molecule has 1 fully saturated rings. The first kappa shape index (κ1) is 15.7. The van der Waals surface area contributed by atoms with Gasteiger partial charge in [0.1, 0.15) is 5.01 Å². The number of likely N-dealkylation sites (tertiary alicyclic amines) is 1. The molecule has 8 heteroatoms. The molecule has 0 spiro atoms. The van der Waals surface area contributed by atoms with Gasteiger partial charge in [0.25, 0.3) is 0 Å². The van der Waals surface area contributed by atoms with Crippen molar-refractivity contribution in [1.82, 2.24) is 15.1 Å². The average Bonchev–Trinajstić information content (AvgIpc) is 2.93. The Hall–Kier alpha value is -1.70. The quantitative estimate of drug-likeness (QED) is 0.869. The smallest absolute Gasteiger partial charge is 0.323 e. The van der Waals surface area contributed by atoms with Gasteiger partial charge in [-0.3, -0.25) is 10.1 Å². The highest BCUT2D eigenvalue weighted by atomic mass is 32.1. The summed E-state index contributed by atoms with van der Waals surface area (Å²) in [6, 6.07) is -0.148. The van der Waals surface area contributed by atoms with Crippen LogP contribution in [-0.2, 0) is 11.2 Å². The molecular weight excluding hydrogens is 292 g/mol. The van der Waals surface area contributed by atoms with E-state index < -0.39 is 5.97 Å². The summed E-state index contributed by atoms with van der Waals surface area (Å²) in [4.78, 5) is 24.4. The van der Waals surface area contributed by atoms with E-state index in [9.17, 15) is 9.59 Å². The second-order valence-electron chi connectivity index (χ2n) is 5.15. The second kappa shape index (κ2) is 7.35. The number of carboxylic acid groups (broad SMARTS) is 1. The third kappa shape index (κ3) is 4.66. The number of urea groups is 1. The van der Waals surface area contributed by atoms with Crippen LogP contribution in [0.25, 0.3) is 0 Å². The summed E-state index contributed by atoms with van der Waals surface area (Å²) in [7, 11) is 0. The molecule has 7 nitrogen and oxygen atoms in total. The fraction of sp³-hybridized carbons (Fsp3) is 0.692. The lowest BCUT2D eigenvalue weighted by Gasteiger charge is -2.31. The molecule has 1 aromatic rings. The van der Waals surface area contributed by atoms with E-state index in [0.717, 1.165) is 24.3 Å². The van der Waals surface area contributed by atoms with Crippen molar-refractivity contribution in [3.05, 3.63) is 5.01 Å². The number of aromatic nitrogens is 2. The fourth-order valence-corrected chi connectivity index (χ4v) is 3.04. The van der Waals surface area contributed by atoms with Crippen molar-refractivity contribution in [2.24, 2.45) is 5.92 Å². The standard InChI is InChI=1S/C13H20N4O3S/c1-2-10-15-16-12(21-10)14-13(20)17-7-5-9(6-8-17)3-4-11(18)19/h9H,2-8H2,1H3,(H,18,19)(H,14,16,20). The number of nitrogens with zero attached hydrogens (tertiary/aromatic N) is 3. The van der Waals surface area contributed by atoms with Gasteiger partial charge < -0.3 is 10.0 Å². The van der Waals surface area contributed by atoms with Gasteiger partial charge in [-0.25, -0.2) is 4.79 Å². The van der Waals surface area contributed by atoms with Gasteiger partial charge in [-0.2, -0.15) is 0 Å². The van der Waals surface area contributed by atoms with Gasteiger partial charge in [0, 0.05) is 19.5 Å². The molecule has 0 radical (unpaired) electrons. The molecule has 116 valence electrons. The van der Waals surface area contributed by atoms with Crippen molar-refractivity contribution in [3.63, 3.8) is 0 Å². The number of nitrogens with one attached hydrogen (secondary N) is 1. The number of carbonyl (C=O) groups is 2. The van der Waals surface area contributed by atoms with E-state index in [0.29, 0.717) is 30.6 Å². The molecule has 21 heavy (non-hydrogen) atoms. The Morgan fingerprint density at radius 2 is 2.10 bits per heavy atom. The fourth-order valence-electron chi connectivity index (χ4n) is 2.37. The van der Waals surface area contributed by atoms with Crippen LogP contribution in [0.15, 0.2) is 0 Å². The van der Waals surface area contributed by atoms with Crippen LogP contribution in [0.5, 0.6) is 0 Å². The third-order valence-corrected chi connectivity index (χ3v) is 4.63. The molecule has 1 saturated heterocycles. The summed E-state index contributed by atoms with van der Waals surface area (Å²) >= 11 is 1.39. The summed E-state index contributed by atoms with van der Waals surface area (Å²) in [5.74, 6) is -0.350. The summed E-state index contributed by atoms with van der Waals surface area (Å²) in [5.41, 5.74) is 0. The molecule has 2 amide bonds. The number of aliphatic carboxylic acids is 1. The van der Waals surface area contributed by atoms with Gasteiger partial charge >= 0.3 is 12.0 Å². The highest BCUT2D eigenvalue weighted by Crippen LogP contribution is 2.23. The minimum absolute atomic E-state index is 0.148. The number of carboxylic acids is 1. The number of aryl methyl sites for hydroxylation is 1. The third-order valence-electron chi connectivity index (χ3n) is 3.65.